The molecule has 0 unspecified atom stereocenters. The Bertz CT molecular complexity index is 559. The standard InChI is InChI=1S/C13H12N2O3/c14-12(11-9(16)6-7-10(11)17)15-13(18)8-4-2-1-3-5-8/h1-5,16H,6-7H2,(H2,14,15,18). The molecule has 5 heteroatoms. The number of benzene rings is 1. The second kappa shape index (κ2) is 4.83. The number of carbonyl (C=O) groups is 2. The third-order valence-electron chi connectivity index (χ3n) is 2.66. The molecule has 0 fully saturated rings. The summed E-state index contributed by atoms with van der Waals surface area (Å²) in [6.07, 6.45) is 0.459. The van der Waals surface area contributed by atoms with Gasteiger partial charge in [-0.25, -0.2) is 0 Å². The van der Waals surface area contributed by atoms with Crippen molar-refractivity contribution in [3.05, 3.63) is 47.2 Å². The van der Waals surface area contributed by atoms with E-state index in [1.54, 1.807) is 30.3 Å². The van der Waals surface area contributed by atoms with Crippen LogP contribution in [0.4, 0.5) is 0 Å². The van der Waals surface area contributed by atoms with E-state index in [1.807, 2.05) is 0 Å². The van der Waals surface area contributed by atoms with Gasteiger partial charge in [-0.05, 0) is 12.1 Å². The van der Waals surface area contributed by atoms with Gasteiger partial charge in [-0.15, -0.1) is 0 Å². The summed E-state index contributed by atoms with van der Waals surface area (Å²) < 4.78 is 0. The molecule has 0 heterocycles. The second-order valence-electron chi connectivity index (χ2n) is 3.91. The van der Waals surface area contributed by atoms with Gasteiger partial charge in [-0.3, -0.25) is 9.59 Å². The minimum absolute atomic E-state index is 0.0284. The topological polar surface area (TPSA) is 92.8 Å². The molecule has 18 heavy (non-hydrogen) atoms. The van der Waals surface area contributed by atoms with Gasteiger partial charge in [0.25, 0.3) is 5.91 Å². The normalized spacial score (nSPS) is 16.2. The van der Waals surface area contributed by atoms with Crippen molar-refractivity contribution in [3.8, 4) is 0 Å². The van der Waals surface area contributed by atoms with Crippen LogP contribution in [0.5, 0.6) is 0 Å². The Labute approximate surface area is 104 Å². The maximum absolute atomic E-state index is 11.7. The maximum Gasteiger partial charge on any atom is 0.278 e. The summed E-state index contributed by atoms with van der Waals surface area (Å²) >= 11 is 0. The van der Waals surface area contributed by atoms with Crippen molar-refractivity contribution >= 4 is 17.5 Å². The number of Topliss-reactive ketones (excluding diaryl/α,β-unsaturated/α-hetero) is 1. The van der Waals surface area contributed by atoms with Crippen LogP contribution in [0.3, 0.4) is 0 Å². The maximum atomic E-state index is 11.7. The molecule has 0 radical (unpaired) electrons. The van der Waals surface area contributed by atoms with E-state index in [4.69, 9.17) is 5.73 Å². The zero-order chi connectivity index (χ0) is 13.1. The Morgan fingerprint density at radius 3 is 2.44 bits per heavy atom. The fourth-order valence-corrected chi connectivity index (χ4v) is 1.74. The van der Waals surface area contributed by atoms with Crippen LogP contribution in [0.15, 0.2) is 46.7 Å². The molecule has 0 aliphatic heterocycles. The predicted molar refractivity (Wildman–Crippen MR) is 66.3 cm³/mol. The molecule has 0 saturated heterocycles. The van der Waals surface area contributed by atoms with Crippen molar-refractivity contribution < 1.29 is 14.7 Å². The van der Waals surface area contributed by atoms with Crippen LogP contribution in [0.25, 0.3) is 0 Å². The highest BCUT2D eigenvalue weighted by molar-refractivity contribution is 6.25. The van der Waals surface area contributed by atoms with E-state index in [9.17, 15) is 14.7 Å². The molecule has 0 bridgehead atoms. The molecule has 0 aromatic heterocycles. The number of aliphatic hydroxyl groups is 1. The Kier molecular flexibility index (Phi) is 3.23. The summed E-state index contributed by atoms with van der Waals surface area (Å²) in [5.41, 5.74) is 5.94. The zero-order valence-electron chi connectivity index (χ0n) is 9.59. The summed E-state index contributed by atoms with van der Waals surface area (Å²) in [5.74, 6) is -1.13. The van der Waals surface area contributed by atoms with Gasteiger partial charge in [0.05, 0.1) is 5.57 Å². The Balaban J connectivity index is 2.27. The Morgan fingerprint density at radius 1 is 1.22 bits per heavy atom. The van der Waals surface area contributed by atoms with E-state index in [2.05, 4.69) is 4.99 Å². The van der Waals surface area contributed by atoms with Crippen LogP contribution in [-0.2, 0) is 4.79 Å². The van der Waals surface area contributed by atoms with Gasteiger partial charge < -0.3 is 10.8 Å². The Morgan fingerprint density at radius 2 is 1.89 bits per heavy atom. The largest absolute Gasteiger partial charge is 0.511 e. The number of amides is 1. The third kappa shape index (κ3) is 2.29. The van der Waals surface area contributed by atoms with Crippen molar-refractivity contribution in [2.24, 2.45) is 10.7 Å². The monoisotopic (exact) mass is 244 g/mol. The van der Waals surface area contributed by atoms with E-state index in [0.717, 1.165) is 0 Å². The first kappa shape index (κ1) is 12.0. The summed E-state index contributed by atoms with van der Waals surface area (Å²) in [6, 6.07) is 8.39. The SMILES string of the molecule is NC(=NC(=O)c1ccccc1)C1=C(O)CCC1=O. The number of hydrogen-bond donors (Lipinski definition) is 2. The molecule has 92 valence electrons. The van der Waals surface area contributed by atoms with E-state index in [-0.39, 0.29) is 35.8 Å². The number of carbonyl (C=O) groups excluding carboxylic acids is 2. The number of nitrogens with zero attached hydrogens (tertiary/aromatic N) is 1. The molecule has 0 saturated carbocycles. The van der Waals surface area contributed by atoms with Crippen LogP contribution in [0.1, 0.15) is 23.2 Å². The minimum Gasteiger partial charge on any atom is -0.511 e. The smallest absolute Gasteiger partial charge is 0.278 e. The minimum atomic E-state index is -0.534. The molecular weight excluding hydrogens is 232 g/mol. The highest BCUT2D eigenvalue weighted by atomic mass is 16.3. The highest BCUT2D eigenvalue weighted by Crippen LogP contribution is 2.20. The van der Waals surface area contributed by atoms with Crippen LogP contribution >= 0.6 is 0 Å². The molecule has 1 aromatic carbocycles. The quantitative estimate of drug-likeness (QED) is 0.606. The van der Waals surface area contributed by atoms with Crippen LogP contribution in [-0.4, -0.2) is 22.6 Å². The average molecular weight is 244 g/mol. The first-order valence-electron chi connectivity index (χ1n) is 5.49. The van der Waals surface area contributed by atoms with Gasteiger partial charge in [0, 0.05) is 18.4 Å². The number of amidine groups is 1. The van der Waals surface area contributed by atoms with Crippen LogP contribution < -0.4 is 5.73 Å². The van der Waals surface area contributed by atoms with Crippen LogP contribution in [0, 0.1) is 0 Å². The van der Waals surface area contributed by atoms with Gasteiger partial charge in [0.1, 0.15) is 11.6 Å². The lowest BCUT2D eigenvalue weighted by atomic mass is 10.2. The van der Waals surface area contributed by atoms with E-state index in [1.165, 1.54) is 0 Å². The summed E-state index contributed by atoms with van der Waals surface area (Å²) in [7, 11) is 0. The van der Waals surface area contributed by atoms with Gasteiger partial charge in [0.2, 0.25) is 0 Å². The number of aliphatic imine (C=N–C) groups is 1. The third-order valence-corrected chi connectivity index (χ3v) is 2.66. The molecule has 1 amide bonds. The molecule has 0 spiro atoms. The van der Waals surface area contributed by atoms with Crippen molar-refractivity contribution in [3.63, 3.8) is 0 Å². The number of aliphatic hydroxyl groups excluding tert-OH is 1. The molecular formula is C13H12N2O3. The summed E-state index contributed by atoms with van der Waals surface area (Å²) in [4.78, 5) is 26.8. The summed E-state index contributed by atoms with van der Waals surface area (Å²) in [5, 5.41) is 9.50. The van der Waals surface area contributed by atoms with Gasteiger partial charge in [-0.1, -0.05) is 18.2 Å². The lowest BCUT2D eigenvalue weighted by molar-refractivity contribution is -0.114. The molecule has 1 aromatic rings. The van der Waals surface area contributed by atoms with Gasteiger partial charge in [0.15, 0.2) is 5.78 Å². The number of nitrogens with two attached hydrogens (primary N) is 1. The van der Waals surface area contributed by atoms with Crippen molar-refractivity contribution in [1.29, 1.82) is 0 Å². The Hall–Kier alpha value is -2.43. The van der Waals surface area contributed by atoms with Crippen molar-refractivity contribution in [2.45, 2.75) is 12.8 Å². The highest BCUT2D eigenvalue weighted by Gasteiger charge is 2.26. The number of hydrogen-bond acceptors (Lipinski definition) is 3. The molecule has 3 N–H and O–H groups in total. The van der Waals surface area contributed by atoms with Crippen LogP contribution in [0.2, 0.25) is 0 Å². The van der Waals surface area contributed by atoms with E-state index in [0.29, 0.717) is 5.56 Å². The second-order valence-corrected chi connectivity index (χ2v) is 3.91. The first-order chi connectivity index (χ1) is 8.59. The lowest BCUT2D eigenvalue weighted by Gasteiger charge is -2.01. The molecule has 1 aliphatic carbocycles. The number of ketones is 1. The van der Waals surface area contributed by atoms with Gasteiger partial charge >= 0.3 is 0 Å². The van der Waals surface area contributed by atoms with E-state index >= 15 is 0 Å². The molecule has 1 aliphatic rings. The zero-order valence-corrected chi connectivity index (χ0v) is 9.59. The first-order valence-corrected chi connectivity index (χ1v) is 5.49. The molecule has 5 nitrogen and oxygen atoms in total. The molecule has 0 atom stereocenters. The lowest BCUT2D eigenvalue weighted by Crippen LogP contribution is -2.21. The molecule has 2 rings (SSSR count). The van der Waals surface area contributed by atoms with E-state index < -0.39 is 5.91 Å². The van der Waals surface area contributed by atoms with Gasteiger partial charge in [-0.2, -0.15) is 4.99 Å². The van der Waals surface area contributed by atoms with Crippen molar-refractivity contribution in [1.82, 2.24) is 0 Å². The predicted octanol–water partition coefficient (Wildman–Crippen LogP) is 1.36. The fraction of sp³-hybridized carbons (Fsp3) is 0.154. The number of allylic oxidation sites excluding steroid dienone is 1. The number of rotatable bonds is 2. The fourth-order valence-electron chi connectivity index (χ4n) is 1.74. The van der Waals surface area contributed by atoms with Crippen molar-refractivity contribution in [2.75, 3.05) is 0 Å². The average Bonchev–Trinajstić information content (AvgIpc) is 2.70. The summed E-state index contributed by atoms with van der Waals surface area (Å²) in [6.45, 7) is 0.